The van der Waals surface area contributed by atoms with E-state index in [2.05, 4.69) is 11.9 Å². The molecule has 10 heteroatoms. The van der Waals surface area contributed by atoms with E-state index in [1.807, 2.05) is 5.43 Å². The number of carbonyl (C=O) groups excluding carboxylic acids is 3. The largest absolute Gasteiger partial charge is 0.442 e. The Labute approximate surface area is 154 Å². The summed E-state index contributed by atoms with van der Waals surface area (Å²) in [5.41, 5.74) is 1.17. The van der Waals surface area contributed by atoms with Gasteiger partial charge in [0.1, 0.15) is 12.1 Å². The summed E-state index contributed by atoms with van der Waals surface area (Å²) < 4.78 is 43.0. The van der Waals surface area contributed by atoms with E-state index in [0.717, 1.165) is 6.08 Å². The molecule has 0 atom stereocenters. The fraction of sp³-hybridized carbons (Fsp3) is 0.353. The third-order valence-electron chi connectivity index (χ3n) is 2.79. The summed E-state index contributed by atoms with van der Waals surface area (Å²) in [4.78, 5) is 35.3. The van der Waals surface area contributed by atoms with E-state index in [9.17, 15) is 27.6 Å². The van der Waals surface area contributed by atoms with Gasteiger partial charge in [-0.25, -0.2) is 9.80 Å². The maximum Gasteiger partial charge on any atom is 0.429 e. The Hall–Kier alpha value is -3.04. The molecule has 0 aliphatic carbocycles. The van der Waals surface area contributed by atoms with E-state index in [1.54, 1.807) is 0 Å². The minimum atomic E-state index is -4.75. The minimum Gasteiger partial charge on any atom is -0.442 e. The third kappa shape index (κ3) is 8.25. The second-order valence-corrected chi connectivity index (χ2v) is 6.39. The number of amides is 3. The third-order valence-corrected chi connectivity index (χ3v) is 2.79. The number of halogens is 3. The summed E-state index contributed by atoms with van der Waals surface area (Å²) in [5, 5.41) is 2.51. The SMILES string of the molecule is C=CC(=O)Nc1ccc(C(=O)NN(CC(F)(F)F)C(=O)OC(C)(C)C)cc1. The molecule has 0 bridgehead atoms. The fourth-order valence-electron chi connectivity index (χ4n) is 1.73. The Kier molecular flexibility index (Phi) is 6.98. The predicted molar refractivity (Wildman–Crippen MR) is 91.7 cm³/mol. The van der Waals surface area contributed by atoms with Crippen molar-refractivity contribution in [1.82, 2.24) is 10.4 Å². The van der Waals surface area contributed by atoms with Crippen LogP contribution in [0.25, 0.3) is 0 Å². The molecule has 148 valence electrons. The number of hydrogen-bond acceptors (Lipinski definition) is 4. The van der Waals surface area contributed by atoms with Crippen LogP contribution >= 0.6 is 0 Å². The van der Waals surface area contributed by atoms with Gasteiger partial charge in [-0.1, -0.05) is 6.58 Å². The highest BCUT2D eigenvalue weighted by molar-refractivity contribution is 5.99. The van der Waals surface area contributed by atoms with Gasteiger partial charge in [-0.15, -0.1) is 0 Å². The zero-order valence-electron chi connectivity index (χ0n) is 15.0. The van der Waals surface area contributed by atoms with Crippen LogP contribution in [0.1, 0.15) is 31.1 Å². The Balaban J connectivity index is 2.90. The van der Waals surface area contributed by atoms with Gasteiger partial charge >= 0.3 is 12.3 Å². The molecule has 0 heterocycles. The number of nitrogens with zero attached hydrogens (tertiary/aromatic N) is 1. The highest BCUT2D eigenvalue weighted by Crippen LogP contribution is 2.18. The van der Waals surface area contributed by atoms with Crippen molar-refractivity contribution in [1.29, 1.82) is 0 Å². The zero-order chi connectivity index (χ0) is 20.8. The topological polar surface area (TPSA) is 87.7 Å². The first-order chi connectivity index (χ1) is 12.3. The van der Waals surface area contributed by atoms with E-state index < -0.39 is 36.2 Å². The molecule has 0 aliphatic heterocycles. The van der Waals surface area contributed by atoms with Crippen LogP contribution < -0.4 is 10.7 Å². The van der Waals surface area contributed by atoms with Crippen LogP contribution in [0.3, 0.4) is 0 Å². The van der Waals surface area contributed by atoms with Crippen molar-refractivity contribution in [3.8, 4) is 0 Å². The van der Waals surface area contributed by atoms with Gasteiger partial charge < -0.3 is 10.1 Å². The number of carbonyl (C=O) groups is 3. The standard InChI is InChI=1S/C17H20F3N3O4/c1-5-13(24)21-12-8-6-11(7-9-12)14(25)22-23(10-17(18,19)20)15(26)27-16(2,3)4/h5-9H,1,10H2,2-4H3,(H,21,24)(H,22,25). The number of ether oxygens (including phenoxy) is 1. The lowest BCUT2D eigenvalue weighted by Gasteiger charge is -2.28. The molecule has 1 rings (SSSR count). The normalized spacial score (nSPS) is 11.3. The molecule has 0 fully saturated rings. The van der Waals surface area contributed by atoms with Crippen LogP contribution in [0.2, 0.25) is 0 Å². The fourth-order valence-corrected chi connectivity index (χ4v) is 1.73. The number of anilines is 1. The number of nitrogens with one attached hydrogen (secondary N) is 2. The van der Waals surface area contributed by atoms with Crippen LogP contribution in [0.4, 0.5) is 23.7 Å². The van der Waals surface area contributed by atoms with Crippen molar-refractivity contribution >= 4 is 23.6 Å². The van der Waals surface area contributed by atoms with E-state index in [4.69, 9.17) is 4.74 Å². The molecule has 1 aromatic carbocycles. The Morgan fingerprint density at radius 3 is 2.15 bits per heavy atom. The Morgan fingerprint density at radius 1 is 1.15 bits per heavy atom. The van der Waals surface area contributed by atoms with Gasteiger partial charge in [-0.3, -0.25) is 15.0 Å². The van der Waals surface area contributed by atoms with E-state index >= 15 is 0 Å². The lowest BCUT2D eigenvalue weighted by molar-refractivity contribution is -0.148. The lowest BCUT2D eigenvalue weighted by atomic mass is 10.2. The number of benzene rings is 1. The zero-order valence-corrected chi connectivity index (χ0v) is 15.0. The van der Waals surface area contributed by atoms with Gasteiger partial charge in [0.05, 0.1) is 0 Å². The van der Waals surface area contributed by atoms with Gasteiger partial charge in [0.25, 0.3) is 5.91 Å². The minimum absolute atomic E-state index is 0.0256. The maximum atomic E-state index is 12.7. The van der Waals surface area contributed by atoms with Crippen molar-refractivity contribution in [3.63, 3.8) is 0 Å². The second-order valence-electron chi connectivity index (χ2n) is 6.39. The molecule has 2 N–H and O–H groups in total. The number of alkyl halides is 3. The van der Waals surface area contributed by atoms with Crippen molar-refractivity contribution in [2.24, 2.45) is 0 Å². The molecule has 7 nitrogen and oxygen atoms in total. The van der Waals surface area contributed by atoms with Crippen LogP contribution in [0, 0.1) is 0 Å². The van der Waals surface area contributed by atoms with Crippen molar-refractivity contribution in [3.05, 3.63) is 42.5 Å². The number of rotatable bonds is 4. The van der Waals surface area contributed by atoms with Crippen LogP contribution in [-0.4, -0.2) is 41.2 Å². The average molecular weight is 387 g/mol. The average Bonchev–Trinajstić information content (AvgIpc) is 2.51. The van der Waals surface area contributed by atoms with Crippen molar-refractivity contribution in [2.45, 2.75) is 32.5 Å². The Morgan fingerprint density at radius 2 is 1.70 bits per heavy atom. The molecule has 0 saturated carbocycles. The van der Waals surface area contributed by atoms with Crippen LogP contribution in [-0.2, 0) is 9.53 Å². The number of hydrogen-bond donors (Lipinski definition) is 2. The number of hydrazine groups is 1. The molecule has 0 unspecified atom stereocenters. The van der Waals surface area contributed by atoms with E-state index in [-0.39, 0.29) is 10.6 Å². The van der Waals surface area contributed by atoms with Gasteiger partial charge in [0.15, 0.2) is 0 Å². The van der Waals surface area contributed by atoms with Crippen LogP contribution in [0.5, 0.6) is 0 Å². The molecule has 3 amide bonds. The first-order valence-corrected chi connectivity index (χ1v) is 7.72. The van der Waals surface area contributed by atoms with Crippen molar-refractivity contribution in [2.75, 3.05) is 11.9 Å². The molecule has 0 spiro atoms. The quantitative estimate of drug-likeness (QED) is 0.613. The summed E-state index contributed by atoms with van der Waals surface area (Å²) >= 11 is 0. The van der Waals surface area contributed by atoms with Gasteiger partial charge in [-0.05, 0) is 51.1 Å². The molecule has 0 aliphatic rings. The predicted octanol–water partition coefficient (Wildman–Crippen LogP) is 3.26. The molecular weight excluding hydrogens is 367 g/mol. The molecule has 27 heavy (non-hydrogen) atoms. The summed E-state index contributed by atoms with van der Waals surface area (Å²) in [7, 11) is 0. The molecule has 1 aromatic rings. The molecule has 0 aromatic heterocycles. The first-order valence-electron chi connectivity index (χ1n) is 7.72. The smallest absolute Gasteiger partial charge is 0.429 e. The summed E-state index contributed by atoms with van der Waals surface area (Å²) in [6.07, 6.45) is -5.04. The summed E-state index contributed by atoms with van der Waals surface area (Å²) in [6.45, 7) is 6.01. The van der Waals surface area contributed by atoms with Crippen molar-refractivity contribution < 1.29 is 32.3 Å². The first kappa shape index (κ1) is 22.0. The van der Waals surface area contributed by atoms with E-state index in [0.29, 0.717) is 5.69 Å². The molecular formula is C17H20F3N3O4. The summed E-state index contributed by atoms with van der Waals surface area (Å²) in [6, 6.07) is 5.29. The maximum absolute atomic E-state index is 12.7. The highest BCUT2D eigenvalue weighted by atomic mass is 19.4. The Bertz CT molecular complexity index is 710. The van der Waals surface area contributed by atoms with Gasteiger partial charge in [0, 0.05) is 11.3 Å². The van der Waals surface area contributed by atoms with Gasteiger partial charge in [-0.2, -0.15) is 13.2 Å². The summed E-state index contributed by atoms with van der Waals surface area (Å²) in [5.74, 6) is -1.42. The van der Waals surface area contributed by atoms with E-state index in [1.165, 1.54) is 45.0 Å². The second kappa shape index (κ2) is 8.56. The lowest BCUT2D eigenvalue weighted by Crippen LogP contribution is -2.51. The molecule has 0 saturated heterocycles. The monoisotopic (exact) mass is 387 g/mol. The van der Waals surface area contributed by atoms with Gasteiger partial charge in [0.2, 0.25) is 5.91 Å². The van der Waals surface area contributed by atoms with Crippen LogP contribution in [0.15, 0.2) is 36.9 Å². The molecule has 0 radical (unpaired) electrons. The highest BCUT2D eigenvalue weighted by Gasteiger charge is 2.36.